The summed E-state index contributed by atoms with van der Waals surface area (Å²) in [7, 11) is -4.16. The molecule has 18 heavy (non-hydrogen) atoms. The zero-order valence-corrected chi connectivity index (χ0v) is 11.7. The Morgan fingerprint density at radius 2 is 2.22 bits per heavy atom. The first kappa shape index (κ1) is 13.6. The zero-order chi connectivity index (χ0) is 13.2. The van der Waals surface area contributed by atoms with Crippen LogP contribution in [0.1, 0.15) is 18.1 Å². The van der Waals surface area contributed by atoms with Crippen molar-refractivity contribution >= 4 is 26.9 Å². The normalized spacial score (nSPS) is 15.8. The molecule has 0 fully saturated rings. The van der Waals surface area contributed by atoms with Gasteiger partial charge in [0.25, 0.3) is 10.1 Å². The number of thioether (sulfide) groups is 1. The van der Waals surface area contributed by atoms with Crippen LogP contribution in [0, 0.1) is 0 Å². The van der Waals surface area contributed by atoms with E-state index in [1.54, 1.807) is 17.8 Å². The molecule has 1 N–H and O–H groups in total. The van der Waals surface area contributed by atoms with E-state index in [9.17, 15) is 13.0 Å². The molecule has 0 saturated carbocycles. The number of hydrogen-bond donors (Lipinski definition) is 1. The molecule has 1 aliphatic rings. The first-order chi connectivity index (χ1) is 8.50. The third-order valence-corrected chi connectivity index (χ3v) is 4.75. The molecular formula is C12H15NO3S2. The number of benzene rings is 1. The van der Waals surface area contributed by atoms with Crippen molar-refractivity contribution in [3.8, 4) is 0 Å². The van der Waals surface area contributed by atoms with Gasteiger partial charge in [-0.2, -0.15) is 8.42 Å². The summed E-state index contributed by atoms with van der Waals surface area (Å²) in [6.45, 7) is 2.79. The molecule has 0 aromatic heterocycles. The predicted molar refractivity (Wildman–Crippen MR) is 74.1 cm³/mol. The summed E-state index contributed by atoms with van der Waals surface area (Å²) in [5.41, 5.74) is 1.69. The second kappa shape index (κ2) is 5.42. The van der Waals surface area contributed by atoms with Gasteiger partial charge in [-0.25, -0.2) is 0 Å². The lowest BCUT2D eigenvalue weighted by molar-refractivity contribution is 0.482. The number of aryl methyl sites for hydroxylation is 1. The van der Waals surface area contributed by atoms with Gasteiger partial charge in [0.2, 0.25) is 0 Å². The van der Waals surface area contributed by atoms with Crippen LogP contribution < -0.4 is 0 Å². The first-order valence-corrected chi connectivity index (χ1v) is 8.18. The van der Waals surface area contributed by atoms with Crippen LogP contribution >= 0.6 is 11.8 Å². The number of nitrogens with zero attached hydrogens (tertiary/aromatic N) is 1. The van der Waals surface area contributed by atoms with Crippen molar-refractivity contribution in [2.45, 2.75) is 24.7 Å². The van der Waals surface area contributed by atoms with Gasteiger partial charge in [-0.05, 0) is 23.6 Å². The molecule has 0 radical (unpaired) electrons. The van der Waals surface area contributed by atoms with E-state index in [0.29, 0.717) is 12.0 Å². The van der Waals surface area contributed by atoms with Crippen LogP contribution in [0.25, 0.3) is 0 Å². The van der Waals surface area contributed by atoms with Crippen LogP contribution in [0.15, 0.2) is 28.1 Å². The van der Waals surface area contributed by atoms with Gasteiger partial charge in [-0.3, -0.25) is 9.55 Å². The Morgan fingerprint density at radius 3 is 2.78 bits per heavy atom. The minimum atomic E-state index is -4.16. The minimum absolute atomic E-state index is 0.00472. The fraction of sp³-hybridized carbons (Fsp3) is 0.417. The van der Waals surface area contributed by atoms with Crippen molar-refractivity contribution in [1.82, 2.24) is 0 Å². The third kappa shape index (κ3) is 3.13. The van der Waals surface area contributed by atoms with E-state index in [4.69, 9.17) is 0 Å². The quantitative estimate of drug-likeness (QED) is 0.861. The molecule has 4 nitrogen and oxygen atoms in total. The smallest absolute Gasteiger partial charge is 0.282 e. The lowest BCUT2D eigenvalue weighted by Crippen LogP contribution is -2.07. The second-order valence-corrected chi connectivity index (χ2v) is 6.63. The number of rotatable bonds is 4. The van der Waals surface area contributed by atoms with E-state index in [0.717, 1.165) is 29.3 Å². The summed E-state index contributed by atoms with van der Waals surface area (Å²) in [4.78, 5) is 4.31. The molecule has 0 saturated heterocycles. The van der Waals surface area contributed by atoms with Gasteiger partial charge in [0, 0.05) is 18.7 Å². The van der Waals surface area contributed by atoms with Crippen molar-refractivity contribution < 1.29 is 13.0 Å². The lowest BCUT2D eigenvalue weighted by atomic mass is 10.1. The molecule has 0 spiro atoms. The van der Waals surface area contributed by atoms with Crippen molar-refractivity contribution in [2.24, 2.45) is 4.99 Å². The largest absolute Gasteiger partial charge is 0.294 e. The summed E-state index contributed by atoms with van der Waals surface area (Å²) in [6, 6.07) is 5.05. The van der Waals surface area contributed by atoms with E-state index >= 15 is 0 Å². The highest BCUT2D eigenvalue weighted by molar-refractivity contribution is 8.14. The molecule has 1 aromatic carbocycles. The van der Waals surface area contributed by atoms with Crippen molar-refractivity contribution in [1.29, 1.82) is 0 Å². The fourth-order valence-electron chi connectivity index (χ4n) is 1.89. The Labute approximate surface area is 111 Å². The van der Waals surface area contributed by atoms with E-state index < -0.39 is 10.1 Å². The average molecular weight is 285 g/mol. The first-order valence-electron chi connectivity index (χ1n) is 5.76. The van der Waals surface area contributed by atoms with Crippen molar-refractivity contribution in [3.05, 3.63) is 29.3 Å². The molecule has 0 aliphatic carbocycles. The van der Waals surface area contributed by atoms with E-state index in [-0.39, 0.29) is 4.90 Å². The molecule has 0 bridgehead atoms. The second-order valence-electron chi connectivity index (χ2n) is 4.07. The molecule has 1 aliphatic heterocycles. The number of hydrogen-bond acceptors (Lipinski definition) is 4. The van der Waals surface area contributed by atoms with Crippen LogP contribution in [0.4, 0.5) is 0 Å². The Kier molecular flexibility index (Phi) is 4.09. The van der Waals surface area contributed by atoms with Gasteiger partial charge in [0.1, 0.15) is 0 Å². The van der Waals surface area contributed by atoms with Crippen LogP contribution in [0.2, 0.25) is 0 Å². The van der Waals surface area contributed by atoms with Crippen LogP contribution in [-0.2, 0) is 23.0 Å². The molecule has 0 amide bonds. The molecular weight excluding hydrogens is 270 g/mol. The summed E-state index contributed by atoms with van der Waals surface area (Å²) < 4.78 is 31.9. The topological polar surface area (TPSA) is 66.7 Å². The average Bonchev–Trinajstić information content (AvgIpc) is 2.80. The van der Waals surface area contributed by atoms with Gasteiger partial charge >= 0.3 is 0 Å². The van der Waals surface area contributed by atoms with Crippen LogP contribution in [0.3, 0.4) is 0 Å². The van der Waals surface area contributed by atoms with Gasteiger partial charge in [-0.1, -0.05) is 19.1 Å². The zero-order valence-electron chi connectivity index (χ0n) is 10.1. The Morgan fingerprint density at radius 1 is 1.44 bits per heavy atom. The maximum absolute atomic E-state index is 11.3. The van der Waals surface area contributed by atoms with Crippen LogP contribution in [0.5, 0.6) is 0 Å². The lowest BCUT2D eigenvalue weighted by Gasteiger charge is -2.09. The van der Waals surface area contributed by atoms with Gasteiger partial charge in [0.15, 0.2) is 0 Å². The van der Waals surface area contributed by atoms with E-state index in [1.165, 1.54) is 6.07 Å². The molecule has 1 aromatic rings. The third-order valence-electron chi connectivity index (χ3n) is 2.80. The molecule has 1 heterocycles. The molecule has 0 atom stereocenters. The van der Waals surface area contributed by atoms with Crippen molar-refractivity contribution in [2.75, 3.05) is 12.3 Å². The van der Waals surface area contributed by atoms with E-state index in [1.807, 2.05) is 13.0 Å². The Balaban J connectivity index is 2.40. The number of aliphatic imine (C=N–C) groups is 1. The summed E-state index contributed by atoms with van der Waals surface area (Å²) in [6.07, 6.45) is 1.31. The SMILES string of the molecule is CCc1ccc(S(=O)(=O)O)c(CC2=NCCS2)c1. The maximum atomic E-state index is 11.3. The molecule has 0 unspecified atom stereocenters. The van der Waals surface area contributed by atoms with E-state index in [2.05, 4.69) is 4.99 Å². The Bertz CT molecular complexity index is 579. The van der Waals surface area contributed by atoms with Gasteiger partial charge < -0.3 is 0 Å². The summed E-state index contributed by atoms with van der Waals surface area (Å²) >= 11 is 1.64. The minimum Gasteiger partial charge on any atom is -0.282 e. The van der Waals surface area contributed by atoms with Crippen LogP contribution in [-0.4, -0.2) is 30.3 Å². The predicted octanol–water partition coefficient (Wildman–Crippen LogP) is 2.18. The summed E-state index contributed by atoms with van der Waals surface area (Å²) in [5.74, 6) is 0.948. The van der Waals surface area contributed by atoms with Gasteiger partial charge in [-0.15, -0.1) is 11.8 Å². The highest BCUT2D eigenvalue weighted by Gasteiger charge is 2.18. The molecule has 6 heteroatoms. The summed E-state index contributed by atoms with van der Waals surface area (Å²) in [5, 5.41) is 0.938. The Hall–Kier alpha value is -0.850. The molecule has 98 valence electrons. The van der Waals surface area contributed by atoms with Gasteiger partial charge in [0.05, 0.1) is 9.94 Å². The monoisotopic (exact) mass is 285 g/mol. The highest BCUT2D eigenvalue weighted by atomic mass is 32.2. The standard InChI is InChI=1S/C12H15NO3S2/c1-2-9-3-4-11(18(14,15)16)10(7-9)8-12-13-5-6-17-12/h3-4,7H,2,5-6,8H2,1H3,(H,14,15,16). The highest BCUT2D eigenvalue weighted by Crippen LogP contribution is 2.23. The maximum Gasteiger partial charge on any atom is 0.294 e. The van der Waals surface area contributed by atoms with Crippen molar-refractivity contribution in [3.63, 3.8) is 0 Å². The fourth-order valence-corrected chi connectivity index (χ4v) is 3.45. The molecule has 2 rings (SSSR count).